The number of amides is 1. The summed E-state index contributed by atoms with van der Waals surface area (Å²) in [4.78, 5) is 14.6. The van der Waals surface area contributed by atoms with Crippen molar-refractivity contribution in [2.24, 2.45) is 5.92 Å². The Balaban J connectivity index is 1.94. The summed E-state index contributed by atoms with van der Waals surface area (Å²) in [6, 6.07) is 0.723. The average molecular weight is 357 g/mol. The van der Waals surface area contributed by atoms with E-state index in [2.05, 4.69) is 5.32 Å². The zero-order valence-electron chi connectivity index (χ0n) is 16.5. The Bertz CT molecular complexity index is 424. The number of hydrogen-bond donors (Lipinski definition) is 1. The molecule has 1 heterocycles. The largest absolute Gasteiger partial charge is 0.444 e. The SMILES string of the molecule is COCC(CNC1CCCC1C1CCCN1C(=O)OC(C)(C)C)OC. The fraction of sp³-hybridized carbons (Fsp3) is 0.947. The molecule has 2 rings (SSSR count). The monoisotopic (exact) mass is 356 g/mol. The first-order valence-corrected chi connectivity index (χ1v) is 9.60. The highest BCUT2D eigenvalue weighted by Crippen LogP contribution is 2.36. The lowest BCUT2D eigenvalue weighted by Gasteiger charge is -2.34. The van der Waals surface area contributed by atoms with E-state index in [9.17, 15) is 4.79 Å². The molecule has 0 radical (unpaired) electrons. The lowest BCUT2D eigenvalue weighted by molar-refractivity contribution is 0.0141. The van der Waals surface area contributed by atoms with Crippen molar-refractivity contribution in [2.75, 3.05) is 33.9 Å². The molecule has 146 valence electrons. The Hall–Kier alpha value is -0.850. The molecule has 6 nitrogen and oxygen atoms in total. The molecule has 1 saturated carbocycles. The third kappa shape index (κ3) is 5.83. The van der Waals surface area contributed by atoms with Gasteiger partial charge < -0.3 is 24.4 Å². The van der Waals surface area contributed by atoms with E-state index >= 15 is 0 Å². The zero-order chi connectivity index (χ0) is 18.4. The van der Waals surface area contributed by atoms with Gasteiger partial charge in [0, 0.05) is 39.4 Å². The van der Waals surface area contributed by atoms with Gasteiger partial charge in [-0.05, 0) is 52.4 Å². The molecule has 1 aliphatic heterocycles. The molecular formula is C19H36N2O4. The normalized spacial score (nSPS) is 28.4. The average Bonchev–Trinajstić information content (AvgIpc) is 3.17. The molecule has 1 aliphatic carbocycles. The van der Waals surface area contributed by atoms with Gasteiger partial charge in [0.25, 0.3) is 0 Å². The lowest BCUT2D eigenvalue weighted by Crippen LogP contribution is -2.49. The molecule has 2 aliphatic rings. The molecule has 1 amide bonds. The van der Waals surface area contributed by atoms with Crippen LogP contribution in [0.25, 0.3) is 0 Å². The van der Waals surface area contributed by atoms with Gasteiger partial charge in [-0.25, -0.2) is 4.79 Å². The minimum Gasteiger partial charge on any atom is -0.444 e. The van der Waals surface area contributed by atoms with Crippen molar-refractivity contribution in [3.63, 3.8) is 0 Å². The third-order valence-corrected chi connectivity index (χ3v) is 5.28. The van der Waals surface area contributed by atoms with Crippen LogP contribution in [0.1, 0.15) is 52.9 Å². The van der Waals surface area contributed by atoms with Crippen LogP contribution < -0.4 is 5.32 Å². The smallest absolute Gasteiger partial charge is 0.410 e. The topological polar surface area (TPSA) is 60.0 Å². The number of nitrogens with zero attached hydrogens (tertiary/aromatic N) is 1. The van der Waals surface area contributed by atoms with Crippen LogP contribution in [0.5, 0.6) is 0 Å². The third-order valence-electron chi connectivity index (χ3n) is 5.28. The maximum absolute atomic E-state index is 12.6. The lowest BCUT2D eigenvalue weighted by atomic mass is 9.92. The number of nitrogens with one attached hydrogen (secondary N) is 1. The number of carbonyl (C=O) groups is 1. The van der Waals surface area contributed by atoms with Crippen molar-refractivity contribution in [3.8, 4) is 0 Å². The van der Waals surface area contributed by atoms with Gasteiger partial charge in [-0.1, -0.05) is 6.42 Å². The second kappa shape index (κ2) is 9.19. The van der Waals surface area contributed by atoms with Crippen molar-refractivity contribution >= 4 is 6.09 Å². The fourth-order valence-corrected chi connectivity index (χ4v) is 4.17. The molecule has 0 spiro atoms. The number of carbonyl (C=O) groups excluding carboxylic acids is 1. The van der Waals surface area contributed by atoms with Crippen LogP contribution in [-0.2, 0) is 14.2 Å². The molecule has 1 saturated heterocycles. The second-order valence-corrected chi connectivity index (χ2v) is 8.31. The van der Waals surface area contributed by atoms with Gasteiger partial charge in [0.15, 0.2) is 0 Å². The minimum absolute atomic E-state index is 0.0665. The van der Waals surface area contributed by atoms with Gasteiger partial charge in [0.2, 0.25) is 0 Å². The molecule has 25 heavy (non-hydrogen) atoms. The quantitative estimate of drug-likeness (QED) is 0.760. The number of ether oxygens (including phenoxy) is 3. The number of rotatable bonds is 7. The molecule has 6 heteroatoms. The van der Waals surface area contributed by atoms with Gasteiger partial charge in [-0.3, -0.25) is 0 Å². The summed E-state index contributed by atoms with van der Waals surface area (Å²) >= 11 is 0. The van der Waals surface area contributed by atoms with Crippen molar-refractivity contribution in [2.45, 2.75) is 76.7 Å². The molecule has 0 bridgehead atoms. The molecule has 4 unspecified atom stereocenters. The van der Waals surface area contributed by atoms with Gasteiger partial charge in [0.05, 0.1) is 12.7 Å². The summed E-state index contributed by atoms with van der Waals surface area (Å²) in [6.07, 6.45) is 5.59. The molecule has 0 aromatic carbocycles. The van der Waals surface area contributed by atoms with Gasteiger partial charge in [-0.15, -0.1) is 0 Å². The number of likely N-dealkylation sites (tertiary alicyclic amines) is 1. The van der Waals surface area contributed by atoms with Crippen molar-refractivity contribution < 1.29 is 19.0 Å². The van der Waals surface area contributed by atoms with Crippen LogP contribution in [-0.4, -0.2) is 68.7 Å². The summed E-state index contributed by atoms with van der Waals surface area (Å²) in [6.45, 7) is 7.97. The highest BCUT2D eigenvalue weighted by Gasteiger charge is 2.42. The Morgan fingerprint density at radius 3 is 2.60 bits per heavy atom. The highest BCUT2D eigenvalue weighted by molar-refractivity contribution is 5.69. The summed E-state index contributed by atoms with van der Waals surface area (Å²) in [5.41, 5.74) is -0.441. The number of methoxy groups -OCH3 is 2. The standard InChI is InChI=1S/C19H36N2O4/c1-19(2,3)25-18(22)21-11-7-10-17(21)15-8-6-9-16(15)20-12-14(24-5)13-23-4/h14-17,20H,6-13H2,1-5H3. The van der Waals surface area contributed by atoms with Crippen LogP contribution in [0.4, 0.5) is 4.79 Å². The van der Waals surface area contributed by atoms with E-state index in [4.69, 9.17) is 14.2 Å². The van der Waals surface area contributed by atoms with Crippen LogP contribution in [0.15, 0.2) is 0 Å². The Morgan fingerprint density at radius 1 is 1.20 bits per heavy atom. The van der Waals surface area contributed by atoms with Gasteiger partial charge in [-0.2, -0.15) is 0 Å². The van der Waals surface area contributed by atoms with Gasteiger partial charge >= 0.3 is 6.09 Å². The first-order chi connectivity index (χ1) is 11.9. The predicted molar refractivity (Wildman–Crippen MR) is 97.8 cm³/mol. The molecule has 4 atom stereocenters. The second-order valence-electron chi connectivity index (χ2n) is 8.31. The first kappa shape index (κ1) is 20.5. The molecule has 1 N–H and O–H groups in total. The molecule has 2 fully saturated rings. The summed E-state index contributed by atoms with van der Waals surface area (Å²) in [5, 5.41) is 3.67. The summed E-state index contributed by atoms with van der Waals surface area (Å²) in [7, 11) is 3.42. The van der Waals surface area contributed by atoms with Gasteiger partial charge in [0.1, 0.15) is 5.60 Å². The van der Waals surface area contributed by atoms with Crippen molar-refractivity contribution in [3.05, 3.63) is 0 Å². The Kier molecular flexibility index (Phi) is 7.52. The minimum atomic E-state index is -0.441. The molecule has 0 aromatic rings. The van der Waals surface area contributed by atoms with Crippen LogP contribution in [0.3, 0.4) is 0 Å². The zero-order valence-corrected chi connectivity index (χ0v) is 16.5. The fourth-order valence-electron chi connectivity index (χ4n) is 4.17. The first-order valence-electron chi connectivity index (χ1n) is 9.60. The molecular weight excluding hydrogens is 320 g/mol. The van der Waals surface area contributed by atoms with Crippen molar-refractivity contribution in [1.29, 1.82) is 0 Å². The predicted octanol–water partition coefficient (Wildman–Crippen LogP) is 2.81. The molecule has 0 aromatic heterocycles. The summed E-state index contributed by atoms with van der Waals surface area (Å²) in [5.74, 6) is 0.495. The van der Waals surface area contributed by atoms with Crippen molar-refractivity contribution in [1.82, 2.24) is 10.2 Å². The number of hydrogen-bond acceptors (Lipinski definition) is 5. The van der Waals surface area contributed by atoms with Crippen LogP contribution in [0.2, 0.25) is 0 Å². The van der Waals surface area contributed by atoms with E-state index in [1.165, 1.54) is 12.8 Å². The highest BCUT2D eigenvalue weighted by atomic mass is 16.6. The van der Waals surface area contributed by atoms with E-state index < -0.39 is 5.60 Å². The summed E-state index contributed by atoms with van der Waals surface area (Å²) < 4.78 is 16.3. The maximum Gasteiger partial charge on any atom is 0.410 e. The van der Waals surface area contributed by atoms with E-state index in [1.54, 1.807) is 14.2 Å². The van der Waals surface area contributed by atoms with E-state index in [0.29, 0.717) is 24.6 Å². The van der Waals surface area contributed by atoms with E-state index in [1.807, 2.05) is 25.7 Å². The Morgan fingerprint density at radius 2 is 1.96 bits per heavy atom. The maximum atomic E-state index is 12.6. The Labute approximate surface area is 152 Å². The van der Waals surface area contributed by atoms with Crippen LogP contribution in [0, 0.1) is 5.92 Å². The van der Waals surface area contributed by atoms with Crippen LogP contribution >= 0.6 is 0 Å². The van der Waals surface area contributed by atoms with E-state index in [-0.39, 0.29) is 12.2 Å². The van der Waals surface area contributed by atoms with E-state index in [0.717, 1.165) is 32.4 Å².